The van der Waals surface area contributed by atoms with Crippen molar-refractivity contribution >= 4 is 5.97 Å². The maximum atomic E-state index is 10.6. The number of hydrogen-bond donors (Lipinski definition) is 1. The van der Waals surface area contributed by atoms with E-state index in [0.29, 0.717) is 0 Å². The van der Waals surface area contributed by atoms with Gasteiger partial charge in [-0.15, -0.1) is 0 Å². The Hall–Kier alpha value is -2.10. The van der Waals surface area contributed by atoms with E-state index < -0.39 is 5.97 Å². The van der Waals surface area contributed by atoms with Crippen molar-refractivity contribution in [1.82, 2.24) is 9.55 Å². The quantitative estimate of drug-likeness (QED) is 0.866. The normalized spacial score (nSPS) is 10.6. The first-order valence-corrected chi connectivity index (χ1v) is 6.52. The fourth-order valence-electron chi connectivity index (χ4n) is 1.97. The van der Waals surface area contributed by atoms with Crippen LogP contribution in [0.3, 0.4) is 0 Å². The zero-order chi connectivity index (χ0) is 13.7. The van der Waals surface area contributed by atoms with Crippen LogP contribution in [-0.2, 0) is 17.8 Å². The van der Waals surface area contributed by atoms with Crippen LogP contribution in [0, 0.1) is 0 Å². The van der Waals surface area contributed by atoms with Crippen LogP contribution in [0.15, 0.2) is 36.8 Å². The molecule has 0 fully saturated rings. The van der Waals surface area contributed by atoms with Gasteiger partial charge in [0.25, 0.3) is 0 Å². The van der Waals surface area contributed by atoms with Gasteiger partial charge >= 0.3 is 5.97 Å². The molecule has 4 heteroatoms. The van der Waals surface area contributed by atoms with Gasteiger partial charge in [-0.3, -0.25) is 4.79 Å². The average molecular weight is 258 g/mol. The standard InChI is InChI=1S/C15H18N2O2/c1-2-3-4-12-5-7-13(8-6-12)14-9-17(11-16-14)10-15(18)19/h5-9,11H,2-4,10H2,1H3,(H,18,19). The van der Waals surface area contributed by atoms with Crippen molar-refractivity contribution in [1.29, 1.82) is 0 Å². The summed E-state index contributed by atoms with van der Waals surface area (Å²) in [6, 6.07) is 8.30. The van der Waals surface area contributed by atoms with Gasteiger partial charge < -0.3 is 9.67 Å². The number of aryl methyl sites for hydroxylation is 1. The van der Waals surface area contributed by atoms with Gasteiger partial charge in [-0.25, -0.2) is 4.98 Å². The SMILES string of the molecule is CCCCc1ccc(-c2cn(CC(=O)O)cn2)cc1. The van der Waals surface area contributed by atoms with Gasteiger partial charge in [0.05, 0.1) is 12.0 Å². The van der Waals surface area contributed by atoms with E-state index in [0.717, 1.165) is 17.7 Å². The molecule has 0 aliphatic heterocycles. The van der Waals surface area contributed by atoms with Gasteiger partial charge in [0.15, 0.2) is 0 Å². The number of carboxylic acids is 1. The molecule has 0 saturated carbocycles. The van der Waals surface area contributed by atoms with E-state index in [9.17, 15) is 4.79 Å². The molecule has 0 saturated heterocycles. The molecule has 0 bridgehead atoms. The van der Waals surface area contributed by atoms with E-state index >= 15 is 0 Å². The number of benzene rings is 1. The second kappa shape index (κ2) is 6.18. The number of imidazole rings is 1. The van der Waals surface area contributed by atoms with Crippen molar-refractivity contribution < 1.29 is 9.90 Å². The highest BCUT2D eigenvalue weighted by Gasteiger charge is 2.04. The molecule has 4 nitrogen and oxygen atoms in total. The highest BCUT2D eigenvalue weighted by Crippen LogP contribution is 2.18. The molecule has 1 N–H and O–H groups in total. The Morgan fingerprint density at radius 3 is 2.68 bits per heavy atom. The summed E-state index contributed by atoms with van der Waals surface area (Å²) in [6.45, 7) is 2.13. The number of aliphatic carboxylic acids is 1. The third-order valence-corrected chi connectivity index (χ3v) is 3.02. The number of rotatable bonds is 6. The predicted molar refractivity (Wildman–Crippen MR) is 73.9 cm³/mol. The molecule has 19 heavy (non-hydrogen) atoms. The summed E-state index contributed by atoms with van der Waals surface area (Å²) in [7, 11) is 0. The maximum Gasteiger partial charge on any atom is 0.323 e. The molecule has 0 unspecified atom stereocenters. The molecule has 1 aromatic carbocycles. The van der Waals surface area contributed by atoms with Gasteiger partial charge in [0.1, 0.15) is 6.54 Å². The number of aromatic nitrogens is 2. The van der Waals surface area contributed by atoms with Gasteiger partial charge in [0, 0.05) is 11.8 Å². The zero-order valence-electron chi connectivity index (χ0n) is 11.0. The van der Waals surface area contributed by atoms with Gasteiger partial charge in [-0.05, 0) is 18.4 Å². The van der Waals surface area contributed by atoms with Crippen molar-refractivity contribution in [3.8, 4) is 11.3 Å². The molecular formula is C15H18N2O2. The van der Waals surface area contributed by atoms with Crippen LogP contribution in [0.2, 0.25) is 0 Å². The molecule has 0 amide bonds. The lowest BCUT2D eigenvalue weighted by molar-refractivity contribution is -0.137. The van der Waals surface area contributed by atoms with Crippen molar-refractivity contribution in [3.63, 3.8) is 0 Å². The van der Waals surface area contributed by atoms with Crippen LogP contribution in [0.1, 0.15) is 25.3 Å². The molecule has 0 atom stereocenters. The first-order valence-electron chi connectivity index (χ1n) is 6.52. The Kier molecular flexibility index (Phi) is 4.34. The summed E-state index contributed by atoms with van der Waals surface area (Å²) < 4.78 is 1.57. The lowest BCUT2D eigenvalue weighted by Crippen LogP contribution is -2.06. The number of unbranched alkanes of at least 4 members (excludes halogenated alkanes) is 1. The van der Waals surface area contributed by atoms with Gasteiger partial charge in [0.2, 0.25) is 0 Å². The summed E-state index contributed by atoms with van der Waals surface area (Å²) in [5.41, 5.74) is 3.16. The monoisotopic (exact) mass is 258 g/mol. The molecule has 0 aliphatic carbocycles. The summed E-state index contributed by atoms with van der Waals surface area (Å²) in [4.78, 5) is 14.8. The maximum absolute atomic E-state index is 10.6. The van der Waals surface area contributed by atoms with Crippen LogP contribution in [0.4, 0.5) is 0 Å². The number of carbonyl (C=O) groups is 1. The molecule has 2 aromatic rings. The van der Waals surface area contributed by atoms with E-state index in [-0.39, 0.29) is 6.54 Å². The van der Waals surface area contributed by atoms with Crippen LogP contribution >= 0.6 is 0 Å². The Morgan fingerprint density at radius 1 is 1.32 bits per heavy atom. The average Bonchev–Trinajstić information content (AvgIpc) is 2.84. The zero-order valence-corrected chi connectivity index (χ0v) is 11.0. The van der Waals surface area contributed by atoms with Gasteiger partial charge in [-0.1, -0.05) is 37.6 Å². The van der Waals surface area contributed by atoms with E-state index in [4.69, 9.17) is 5.11 Å². The Balaban J connectivity index is 2.09. The minimum absolute atomic E-state index is 0.0540. The lowest BCUT2D eigenvalue weighted by Gasteiger charge is -2.01. The summed E-state index contributed by atoms with van der Waals surface area (Å²) in [5, 5.41) is 8.72. The number of hydrogen-bond acceptors (Lipinski definition) is 2. The van der Waals surface area contributed by atoms with E-state index in [1.165, 1.54) is 18.4 Å². The van der Waals surface area contributed by atoms with Crippen molar-refractivity contribution in [2.45, 2.75) is 32.7 Å². The number of nitrogens with zero attached hydrogens (tertiary/aromatic N) is 2. The van der Waals surface area contributed by atoms with Crippen LogP contribution in [0.25, 0.3) is 11.3 Å². The third kappa shape index (κ3) is 3.68. The molecular weight excluding hydrogens is 240 g/mol. The molecule has 1 heterocycles. The topological polar surface area (TPSA) is 55.1 Å². The Morgan fingerprint density at radius 2 is 2.05 bits per heavy atom. The molecule has 2 rings (SSSR count). The first-order chi connectivity index (χ1) is 9.19. The van der Waals surface area contributed by atoms with Crippen LogP contribution in [0.5, 0.6) is 0 Å². The third-order valence-electron chi connectivity index (χ3n) is 3.02. The highest BCUT2D eigenvalue weighted by molar-refractivity contribution is 5.67. The molecule has 0 aliphatic rings. The largest absolute Gasteiger partial charge is 0.480 e. The van der Waals surface area contributed by atoms with E-state index in [2.05, 4.69) is 24.0 Å². The molecule has 0 spiro atoms. The molecule has 100 valence electrons. The Bertz CT molecular complexity index is 544. The predicted octanol–water partition coefficient (Wildman–Crippen LogP) is 2.98. The molecule has 1 aromatic heterocycles. The van der Waals surface area contributed by atoms with Crippen molar-refractivity contribution in [2.24, 2.45) is 0 Å². The highest BCUT2D eigenvalue weighted by atomic mass is 16.4. The lowest BCUT2D eigenvalue weighted by atomic mass is 10.1. The van der Waals surface area contributed by atoms with Crippen molar-refractivity contribution in [3.05, 3.63) is 42.4 Å². The van der Waals surface area contributed by atoms with Crippen LogP contribution in [-0.4, -0.2) is 20.6 Å². The number of carboxylic acid groups (broad SMARTS) is 1. The molecule has 0 radical (unpaired) electrons. The first kappa shape index (κ1) is 13.3. The Labute approximate surface area is 112 Å². The fraction of sp³-hybridized carbons (Fsp3) is 0.333. The minimum atomic E-state index is -0.862. The van der Waals surface area contributed by atoms with Crippen LogP contribution < -0.4 is 0 Å². The second-order valence-electron chi connectivity index (χ2n) is 4.63. The smallest absolute Gasteiger partial charge is 0.323 e. The summed E-state index contributed by atoms with van der Waals surface area (Å²) >= 11 is 0. The minimum Gasteiger partial charge on any atom is -0.480 e. The van der Waals surface area contributed by atoms with E-state index in [1.54, 1.807) is 17.1 Å². The summed E-state index contributed by atoms with van der Waals surface area (Å²) in [5.74, 6) is -0.862. The second-order valence-corrected chi connectivity index (χ2v) is 4.63. The van der Waals surface area contributed by atoms with E-state index in [1.807, 2.05) is 12.1 Å². The summed E-state index contributed by atoms with van der Waals surface area (Å²) in [6.07, 6.45) is 6.81. The van der Waals surface area contributed by atoms with Crippen molar-refractivity contribution in [2.75, 3.05) is 0 Å². The fourth-order valence-corrected chi connectivity index (χ4v) is 1.97. The van der Waals surface area contributed by atoms with Gasteiger partial charge in [-0.2, -0.15) is 0 Å².